The predicted octanol–water partition coefficient (Wildman–Crippen LogP) is 5.09. The van der Waals surface area contributed by atoms with Crippen molar-refractivity contribution >= 4 is 27.5 Å². The highest BCUT2D eigenvalue weighted by Crippen LogP contribution is 2.41. The first-order valence-electron chi connectivity index (χ1n) is 14.1. The Bertz CT molecular complexity index is 1740. The fraction of sp³-hybridized carbons (Fsp3) is 0.344. The van der Waals surface area contributed by atoms with Crippen LogP contribution in [0.1, 0.15) is 31.2 Å². The molecule has 0 radical (unpaired) electrons. The lowest BCUT2D eigenvalue weighted by molar-refractivity contribution is 0.259. The summed E-state index contributed by atoms with van der Waals surface area (Å²) in [5, 5.41) is 26.3. The first-order chi connectivity index (χ1) is 19.9. The minimum atomic E-state index is -0.648. The molecule has 0 saturated carbocycles. The van der Waals surface area contributed by atoms with Crippen molar-refractivity contribution < 1.29 is 14.2 Å². The molecule has 208 valence electrons. The molecule has 4 heterocycles. The Morgan fingerprint density at radius 3 is 2.63 bits per heavy atom. The standard InChI is InChI=1S/C32H31FN6O2/c1-18(27-8-5-11-38(27)2)41-32-36-30-26(31(37-32)39-16-21-9-10-22(17-39)35-21)13-20(15-34)28(29(30)33)25-14-23(40)12-19-6-3-4-7-24(19)25/h3-4,6-7,12-14,21-22,27,35,40H,1,5,8-11,16-17H2,2H3/t21?,22?,27-/m0/s1. The van der Waals surface area contributed by atoms with Crippen molar-refractivity contribution in [2.75, 3.05) is 31.6 Å². The van der Waals surface area contributed by atoms with Gasteiger partial charge in [-0.3, -0.25) is 4.90 Å². The number of ether oxygens (including phenoxy) is 1. The molecule has 0 aliphatic carbocycles. The van der Waals surface area contributed by atoms with E-state index in [0.717, 1.165) is 56.1 Å². The number of likely N-dealkylation sites (tertiary alicyclic amines) is 1. The number of hydrogen-bond donors (Lipinski definition) is 2. The number of phenols is 1. The Morgan fingerprint density at radius 2 is 1.90 bits per heavy atom. The number of aromatic hydroxyl groups is 1. The highest BCUT2D eigenvalue weighted by atomic mass is 19.1. The minimum absolute atomic E-state index is 0.0113. The topological polar surface area (TPSA) is 97.5 Å². The van der Waals surface area contributed by atoms with Crippen LogP contribution in [0.5, 0.6) is 11.8 Å². The maximum Gasteiger partial charge on any atom is 0.324 e. The number of benzene rings is 3. The normalized spacial score (nSPS) is 22.4. The SMILES string of the molecule is C=C(Oc1nc(N2CC3CCC(C2)N3)c2cc(C#N)c(-c3cc(O)cc4ccccc34)c(F)c2n1)[C@@H]1CCCN1C. The molecule has 2 unspecified atom stereocenters. The van der Waals surface area contributed by atoms with Gasteiger partial charge < -0.3 is 20.1 Å². The number of rotatable bonds is 5. The van der Waals surface area contributed by atoms with E-state index < -0.39 is 5.82 Å². The summed E-state index contributed by atoms with van der Waals surface area (Å²) in [4.78, 5) is 13.7. The summed E-state index contributed by atoms with van der Waals surface area (Å²) in [6.45, 7) is 6.56. The molecule has 4 aromatic rings. The highest BCUT2D eigenvalue weighted by molar-refractivity contribution is 6.03. The maximum absolute atomic E-state index is 16.8. The summed E-state index contributed by atoms with van der Waals surface area (Å²) in [6.07, 6.45) is 4.12. The lowest BCUT2D eigenvalue weighted by Crippen LogP contribution is -2.51. The second kappa shape index (κ2) is 9.98. The Hall–Kier alpha value is -4.26. The number of hydrogen-bond acceptors (Lipinski definition) is 8. The molecule has 3 aliphatic heterocycles. The molecule has 3 saturated heterocycles. The van der Waals surface area contributed by atoms with Crippen LogP contribution >= 0.6 is 0 Å². The zero-order valence-corrected chi connectivity index (χ0v) is 22.9. The van der Waals surface area contributed by atoms with E-state index in [0.29, 0.717) is 34.6 Å². The van der Waals surface area contributed by atoms with E-state index in [9.17, 15) is 10.4 Å². The number of piperazine rings is 1. The molecule has 3 aromatic carbocycles. The summed E-state index contributed by atoms with van der Waals surface area (Å²) in [6, 6.07) is 15.1. The molecular weight excluding hydrogens is 519 g/mol. The van der Waals surface area contributed by atoms with E-state index in [1.807, 2.05) is 31.3 Å². The number of nitrogens with zero attached hydrogens (tertiary/aromatic N) is 5. The van der Waals surface area contributed by atoms with Crippen LogP contribution in [0.2, 0.25) is 0 Å². The van der Waals surface area contributed by atoms with Crippen molar-refractivity contribution in [1.29, 1.82) is 5.26 Å². The Kier molecular flexibility index (Phi) is 6.25. The first-order valence-corrected chi connectivity index (χ1v) is 14.1. The van der Waals surface area contributed by atoms with Crippen LogP contribution < -0.4 is 15.0 Å². The molecule has 2 N–H and O–H groups in total. The number of likely N-dealkylation sites (N-methyl/N-ethyl adjacent to an activating group) is 1. The number of phenolic OH excluding ortho intramolecular Hbond substituents is 1. The van der Waals surface area contributed by atoms with E-state index in [1.165, 1.54) is 6.07 Å². The molecule has 0 amide bonds. The van der Waals surface area contributed by atoms with Crippen LogP contribution in [0.3, 0.4) is 0 Å². The molecular formula is C32H31FN6O2. The number of anilines is 1. The molecule has 3 aliphatic rings. The van der Waals surface area contributed by atoms with Gasteiger partial charge in [-0.1, -0.05) is 30.8 Å². The Morgan fingerprint density at radius 1 is 1.12 bits per heavy atom. The Labute approximate surface area is 237 Å². The lowest BCUT2D eigenvalue weighted by Gasteiger charge is -2.34. The maximum atomic E-state index is 16.8. The summed E-state index contributed by atoms with van der Waals surface area (Å²) in [7, 11) is 2.03. The first kappa shape index (κ1) is 25.7. The number of fused-ring (bicyclic) bond motifs is 4. The minimum Gasteiger partial charge on any atom is -0.508 e. The largest absolute Gasteiger partial charge is 0.508 e. The van der Waals surface area contributed by atoms with Gasteiger partial charge in [0.1, 0.15) is 22.8 Å². The fourth-order valence-corrected chi connectivity index (χ4v) is 6.80. The second-order valence-electron chi connectivity index (χ2n) is 11.4. The number of aromatic nitrogens is 2. The van der Waals surface area contributed by atoms with Gasteiger partial charge in [0.05, 0.1) is 17.7 Å². The molecule has 1 aromatic heterocycles. The van der Waals surface area contributed by atoms with Crippen molar-refractivity contribution in [1.82, 2.24) is 20.2 Å². The van der Waals surface area contributed by atoms with Crippen molar-refractivity contribution in [2.24, 2.45) is 0 Å². The number of nitrogens with one attached hydrogen (secondary N) is 1. The zero-order chi connectivity index (χ0) is 28.2. The smallest absolute Gasteiger partial charge is 0.324 e. The van der Waals surface area contributed by atoms with Crippen LogP contribution in [0.4, 0.5) is 10.2 Å². The number of halogens is 1. The molecule has 8 nitrogen and oxygen atoms in total. The van der Waals surface area contributed by atoms with Crippen LogP contribution in [-0.4, -0.2) is 64.8 Å². The van der Waals surface area contributed by atoms with E-state index in [4.69, 9.17) is 9.72 Å². The van der Waals surface area contributed by atoms with Crippen LogP contribution in [0.15, 0.2) is 54.8 Å². The average Bonchev–Trinajstić information content (AvgIpc) is 3.55. The van der Waals surface area contributed by atoms with Crippen molar-refractivity contribution in [2.45, 2.75) is 43.8 Å². The van der Waals surface area contributed by atoms with E-state index in [1.54, 1.807) is 12.1 Å². The second-order valence-corrected chi connectivity index (χ2v) is 11.4. The summed E-state index contributed by atoms with van der Waals surface area (Å²) in [5.41, 5.74) is 0.748. The van der Waals surface area contributed by atoms with E-state index in [2.05, 4.69) is 32.7 Å². The fourth-order valence-electron chi connectivity index (χ4n) is 6.80. The monoisotopic (exact) mass is 550 g/mol. The van der Waals surface area contributed by atoms with Gasteiger partial charge >= 0.3 is 6.01 Å². The summed E-state index contributed by atoms with van der Waals surface area (Å²) in [5.74, 6) is 0.426. The molecule has 0 spiro atoms. The highest BCUT2D eigenvalue weighted by Gasteiger charge is 2.35. The molecule has 3 atom stereocenters. The van der Waals surface area contributed by atoms with Gasteiger partial charge in [-0.15, -0.1) is 0 Å². The molecule has 41 heavy (non-hydrogen) atoms. The average molecular weight is 551 g/mol. The van der Waals surface area contributed by atoms with Gasteiger partial charge in [0.15, 0.2) is 5.82 Å². The third-order valence-electron chi connectivity index (χ3n) is 8.76. The van der Waals surface area contributed by atoms with Crippen molar-refractivity contribution in [3.8, 4) is 29.0 Å². The van der Waals surface area contributed by atoms with Gasteiger partial charge in [0.25, 0.3) is 0 Å². The van der Waals surface area contributed by atoms with Crippen molar-refractivity contribution in [3.05, 3.63) is 66.2 Å². The lowest BCUT2D eigenvalue weighted by atomic mass is 9.92. The molecule has 9 heteroatoms. The Balaban J connectivity index is 1.43. The molecule has 2 bridgehead atoms. The third-order valence-corrected chi connectivity index (χ3v) is 8.76. The zero-order valence-electron chi connectivity index (χ0n) is 22.9. The van der Waals surface area contributed by atoms with Crippen LogP contribution in [0, 0.1) is 17.1 Å². The predicted molar refractivity (Wildman–Crippen MR) is 156 cm³/mol. The van der Waals surface area contributed by atoms with Crippen LogP contribution in [-0.2, 0) is 0 Å². The van der Waals surface area contributed by atoms with Gasteiger partial charge in [-0.05, 0) is 73.8 Å². The number of nitriles is 1. The van der Waals surface area contributed by atoms with Crippen LogP contribution in [0.25, 0.3) is 32.8 Å². The quantitative estimate of drug-likeness (QED) is 0.332. The molecule has 3 fully saturated rings. The van der Waals surface area contributed by atoms with E-state index in [-0.39, 0.29) is 34.4 Å². The van der Waals surface area contributed by atoms with Gasteiger partial charge in [0.2, 0.25) is 0 Å². The van der Waals surface area contributed by atoms with Crippen molar-refractivity contribution in [3.63, 3.8) is 0 Å². The van der Waals surface area contributed by atoms with Gasteiger partial charge in [0, 0.05) is 36.1 Å². The molecule has 7 rings (SSSR count). The van der Waals surface area contributed by atoms with E-state index >= 15 is 4.39 Å². The van der Waals surface area contributed by atoms with Gasteiger partial charge in [-0.25, -0.2) is 4.39 Å². The summed E-state index contributed by atoms with van der Waals surface area (Å²) < 4.78 is 23.0. The van der Waals surface area contributed by atoms with Gasteiger partial charge in [-0.2, -0.15) is 15.2 Å². The third kappa shape index (κ3) is 4.44. The summed E-state index contributed by atoms with van der Waals surface area (Å²) >= 11 is 0.